The van der Waals surface area contributed by atoms with E-state index in [1.54, 1.807) is 12.2 Å². The minimum atomic E-state index is -5.50. The molecule has 8 atom stereocenters. The van der Waals surface area contributed by atoms with Crippen molar-refractivity contribution in [3.05, 3.63) is 144 Å². The van der Waals surface area contributed by atoms with Crippen LogP contribution in [0.15, 0.2) is 139 Å². The molecule has 1 fully saturated rings. The van der Waals surface area contributed by atoms with E-state index in [0.29, 0.717) is 12.8 Å². The fourth-order valence-electron chi connectivity index (χ4n) is 6.71. The number of phosphoric ester groups is 2. The first-order chi connectivity index (χ1) is 36.1. The molecule has 1 aliphatic rings. The summed E-state index contributed by atoms with van der Waals surface area (Å²) in [5, 5.41) is 31.4. The highest BCUT2D eigenvalue weighted by atomic mass is 31.3. The van der Waals surface area contributed by atoms with Crippen molar-refractivity contribution < 1.29 is 71.4 Å². The molecule has 1 aromatic rings. The van der Waals surface area contributed by atoms with E-state index in [2.05, 4.69) is 114 Å². The van der Waals surface area contributed by atoms with Crippen LogP contribution < -0.4 is 11.4 Å². The quantitative estimate of drug-likeness (QED) is 0.0117. The zero-order valence-corrected chi connectivity index (χ0v) is 45.2. The molecular weight excluding hydrogens is 1010 g/mol. The molecule has 2 rings (SSSR count). The van der Waals surface area contributed by atoms with E-state index in [4.69, 9.17) is 29.0 Å². The molecule has 1 aromatic heterocycles. The predicted molar refractivity (Wildman–Crippen MR) is 290 cm³/mol. The summed E-state index contributed by atoms with van der Waals surface area (Å²) in [6, 6.07) is 1.23. The van der Waals surface area contributed by atoms with E-state index in [-0.39, 0.29) is 25.1 Å². The van der Waals surface area contributed by atoms with Crippen molar-refractivity contribution in [3.63, 3.8) is 0 Å². The normalized spacial score (nSPS) is 20.2. The van der Waals surface area contributed by atoms with Gasteiger partial charge in [0.15, 0.2) is 12.3 Å². The monoisotopic (exact) mass is 1090 g/mol. The van der Waals surface area contributed by atoms with Crippen LogP contribution in [-0.4, -0.2) is 96.9 Å². The summed E-state index contributed by atoms with van der Waals surface area (Å²) in [5.41, 5.74) is 4.56. The first kappa shape index (κ1) is 66.2. The average molecular weight is 1090 g/mol. The molecule has 2 heterocycles. The number of hydrogen-bond donors (Lipinski definition) is 6. The fraction of sp³-hybridized carbons (Fsp3) is 0.519. The number of carbonyl (C=O) groups is 2. The van der Waals surface area contributed by atoms with E-state index in [1.165, 1.54) is 12.1 Å². The number of anilines is 1. The number of unbranched alkanes of at least 4 members (excludes halogenated alkanes) is 4. The highest BCUT2D eigenvalue weighted by Crippen LogP contribution is 2.60. The van der Waals surface area contributed by atoms with Gasteiger partial charge in [-0.2, -0.15) is 9.29 Å². The van der Waals surface area contributed by atoms with Gasteiger partial charge in [0, 0.05) is 19.0 Å². The Morgan fingerprint density at radius 3 is 1.81 bits per heavy atom. The lowest BCUT2D eigenvalue weighted by atomic mass is 10.1. The molecule has 19 nitrogen and oxygen atoms in total. The minimum Gasteiger partial charge on any atom is -0.462 e. The van der Waals surface area contributed by atoms with Gasteiger partial charge < -0.3 is 45.1 Å². The highest BCUT2D eigenvalue weighted by molar-refractivity contribution is 7.61. The molecule has 0 amide bonds. The molecule has 0 spiro atoms. The second-order valence-corrected chi connectivity index (χ2v) is 20.1. The van der Waals surface area contributed by atoms with Gasteiger partial charge in [0.25, 0.3) is 0 Å². The van der Waals surface area contributed by atoms with Gasteiger partial charge in [-0.3, -0.25) is 23.2 Å². The molecule has 21 heteroatoms. The van der Waals surface area contributed by atoms with E-state index < -0.39 is 89.8 Å². The maximum Gasteiger partial charge on any atom is 0.481 e. The van der Waals surface area contributed by atoms with Crippen LogP contribution in [0.1, 0.15) is 129 Å². The Balaban J connectivity index is 1.88. The number of aliphatic hydroxyl groups is 3. The first-order valence-electron chi connectivity index (χ1n) is 25.7. The number of rotatable bonds is 40. The number of ether oxygens (including phenoxy) is 3. The Labute approximate surface area is 442 Å². The van der Waals surface area contributed by atoms with Gasteiger partial charge in [0.05, 0.1) is 19.3 Å². The largest absolute Gasteiger partial charge is 0.481 e. The number of esters is 2. The van der Waals surface area contributed by atoms with E-state index in [1.807, 2.05) is 12.2 Å². The van der Waals surface area contributed by atoms with Crippen LogP contribution in [0.4, 0.5) is 5.82 Å². The number of carbonyl (C=O) groups excluding carboxylic acids is 2. The molecule has 0 aliphatic carbocycles. The third-order valence-electron chi connectivity index (χ3n) is 10.7. The number of aliphatic hydroxyl groups excluding tert-OH is 3. The van der Waals surface area contributed by atoms with Gasteiger partial charge >= 0.3 is 33.3 Å². The predicted octanol–water partition coefficient (Wildman–Crippen LogP) is 9.74. The van der Waals surface area contributed by atoms with Crippen molar-refractivity contribution in [3.8, 4) is 0 Å². The molecule has 7 N–H and O–H groups in total. The number of hydrogen-bond acceptors (Lipinski definition) is 16. The van der Waals surface area contributed by atoms with Gasteiger partial charge in [0.1, 0.15) is 30.7 Å². The summed E-state index contributed by atoms with van der Waals surface area (Å²) in [6.45, 7) is 1.65. The summed E-state index contributed by atoms with van der Waals surface area (Å²) >= 11 is 0. The third kappa shape index (κ3) is 33.0. The van der Waals surface area contributed by atoms with E-state index >= 15 is 0 Å². The lowest BCUT2D eigenvalue weighted by Gasteiger charge is -2.21. The lowest BCUT2D eigenvalue weighted by molar-refractivity contribution is -0.161. The van der Waals surface area contributed by atoms with Crippen LogP contribution in [0.5, 0.6) is 0 Å². The van der Waals surface area contributed by atoms with Crippen LogP contribution in [0.2, 0.25) is 0 Å². The summed E-state index contributed by atoms with van der Waals surface area (Å²) in [7, 11) is -11.0. The fourth-order valence-corrected chi connectivity index (χ4v) is 8.82. The van der Waals surface area contributed by atoms with Crippen LogP contribution in [0.3, 0.4) is 0 Å². The molecule has 0 aromatic carbocycles. The Kier molecular flexibility index (Phi) is 35.7. The SMILES string of the molecule is CC/C=C\C/C=C\C/C=C\C/C=C\C/C=C\C=C/C(O)CCC(=O)O[C@H](COC(=O)CCCCCC/C=C\C/C=C\C/C=C\C/C=C\CC)COP(=O)(O)OP(=O)(O)OC[C@H]1O[C@@H](n2ccc(N)nc2=O)[C@H](O)[C@@H]1O. The standard InChI is InChI=1S/C54H81N3O16P2/c1-3-5-7-9-11-13-15-17-19-21-23-25-27-29-31-33-35-37-49(59)68-42-46(71-50(60)39-38-45(58)36-34-32-30-28-26-24-22-20-18-16-14-12-10-8-6-4-2)43-69-74(64,65)73-75(66,67)70-44-47-51(61)52(62)53(72-47)57-41-40-48(55)56-54(57)63/h5-8,11-14,17-20,23-26,30,32,34,36,40-41,45-47,51-53,58,61-62H,3-4,9-10,15-16,21-22,27-29,31,33,35,37-39,42-44H2,1-2H3,(H,64,65)(H,66,67)(H2,55,56,63)/b7-5-,8-6-,13-11-,14-12-,19-17-,20-18-,25-23-,26-24-,32-30-,36-34-/t45?,46-,47-,51-,52-,53-/m1/s1. The maximum absolute atomic E-state index is 12.9. The maximum atomic E-state index is 12.9. The number of aromatic nitrogens is 2. The zero-order chi connectivity index (χ0) is 55.0. The van der Waals surface area contributed by atoms with Gasteiger partial charge in [-0.15, -0.1) is 0 Å². The van der Waals surface area contributed by atoms with Crippen LogP contribution in [-0.2, 0) is 46.3 Å². The Bertz CT molecular complexity index is 2250. The van der Waals surface area contributed by atoms with Crippen molar-refractivity contribution >= 4 is 33.4 Å². The van der Waals surface area contributed by atoms with Crippen LogP contribution >= 0.6 is 15.6 Å². The van der Waals surface area contributed by atoms with Crippen LogP contribution in [0, 0.1) is 0 Å². The Morgan fingerprint density at radius 2 is 1.24 bits per heavy atom. The number of nitrogens with zero attached hydrogens (tertiary/aromatic N) is 2. The topological polar surface area (TPSA) is 286 Å². The van der Waals surface area contributed by atoms with Gasteiger partial charge in [-0.25, -0.2) is 13.9 Å². The van der Waals surface area contributed by atoms with Gasteiger partial charge in [-0.05, 0) is 89.5 Å². The molecule has 0 radical (unpaired) electrons. The van der Waals surface area contributed by atoms with Crippen molar-refractivity contribution in [1.82, 2.24) is 9.55 Å². The molecule has 3 unspecified atom stereocenters. The summed E-state index contributed by atoms with van der Waals surface area (Å²) in [6.07, 6.45) is 44.6. The van der Waals surface area contributed by atoms with Crippen molar-refractivity contribution in [2.45, 2.75) is 160 Å². The Morgan fingerprint density at radius 1 is 0.707 bits per heavy atom. The average Bonchev–Trinajstić information content (AvgIpc) is 3.65. The van der Waals surface area contributed by atoms with Crippen molar-refractivity contribution in [2.75, 3.05) is 25.6 Å². The molecule has 418 valence electrons. The molecule has 1 saturated heterocycles. The summed E-state index contributed by atoms with van der Waals surface area (Å²) in [5.74, 6) is -1.64. The van der Waals surface area contributed by atoms with Gasteiger partial charge in [0.2, 0.25) is 0 Å². The second kappa shape index (κ2) is 40.4. The number of phosphoric acid groups is 2. The smallest absolute Gasteiger partial charge is 0.462 e. The highest BCUT2D eigenvalue weighted by Gasteiger charge is 2.46. The third-order valence-corrected chi connectivity index (χ3v) is 13.3. The molecular formula is C54H81N3O16P2. The van der Waals surface area contributed by atoms with Crippen LogP contribution in [0.25, 0.3) is 0 Å². The van der Waals surface area contributed by atoms with E-state index in [0.717, 1.165) is 87.8 Å². The summed E-state index contributed by atoms with van der Waals surface area (Å²) < 4.78 is 56.5. The van der Waals surface area contributed by atoms with Gasteiger partial charge in [-0.1, -0.05) is 148 Å². The zero-order valence-electron chi connectivity index (χ0n) is 43.4. The molecule has 75 heavy (non-hydrogen) atoms. The first-order valence-corrected chi connectivity index (χ1v) is 28.6. The number of nitrogens with two attached hydrogens (primary N) is 1. The molecule has 1 aliphatic heterocycles. The molecule has 0 saturated carbocycles. The van der Waals surface area contributed by atoms with Crippen molar-refractivity contribution in [2.24, 2.45) is 0 Å². The van der Waals surface area contributed by atoms with Crippen molar-refractivity contribution in [1.29, 1.82) is 0 Å². The number of nitrogen functional groups attached to an aromatic ring is 1. The molecule has 0 bridgehead atoms. The summed E-state index contributed by atoms with van der Waals surface area (Å²) in [4.78, 5) is 62.0. The number of allylic oxidation sites excluding steroid dienone is 19. The Hall–Kier alpha value is -4.88. The minimum absolute atomic E-state index is 0.0410. The lowest BCUT2D eigenvalue weighted by Crippen LogP contribution is -2.36. The second-order valence-electron chi connectivity index (χ2n) is 17.1. The van der Waals surface area contributed by atoms with E-state index in [9.17, 15) is 48.6 Å².